The van der Waals surface area contributed by atoms with E-state index in [1.807, 2.05) is 24.3 Å². The second-order valence-electron chi connectivity index (χ2n) is 13.4. The third-order valence-corrected chi connectivity index (χ3v) is 10.4. The number of nitrogens with zero attached hydrogens (tertiary/aromatic N) is 3. The van der Waals surface area contributed by atoms with Crippen LogP contribution in [0.4, 0.5) is 0 Å². The lowest BCUT2D eigenvalue weighted by Crippen LogP contribution is -1.98. The van der Waals surface area contributed by atoms with Gasteiger partial charge in [-0.3, -0.25) is 0 Å². The molecule has 4 heteroatoms. The van der Waals surface area contributed by atoms with Crippen LogP contribution in [-0.4, -0.2) is 14.5 Å². The minimum atomic E-state index is 0.683. The predicted octanol–water partition coefficient (Wildman–Crippen LogP) is 12.8. The third kappa shape index (κ3) is 4.41. The van der Waals surface area contributed by atoms with Crippen LogP contribution in [0, 0.1) is 0 Å². The van der Waals surface area contributed by atoms with Crippen LogP contribution in [0.15, 0.2) is 180 Å². The minimum Gasteiger partial charge on any atom is -0.456 e. The van der Waals surface area contributed by atoms with Crippen LogP contribution in [0.3, 0.4) is 0 Å². The number of para-hydroxylation sites is 3. The first-order valence-electron chi connectivity index (χ1n) is 17.6. The number of hydrogen-bond donors (Lipinski definition) is 0. The van der Waals surface area contributed by atoms with Crippen LogP contribution >= 0.6 is 0 Å². The Morgan fingerprint density at radius 1 is 0.423 bits per heavy atom. The highest BCUT2D eigenvalue weighted by Crippen LogP contribution is 2.43. The van der Waals surface area contributed by atoms with Crippen LogP contribution in [0.25, 0.3) is 105 Å². The van der Waals surface area contributed by atoms with E-state index in [2.05, 4.69) is 156 Å². The molecule has 242 valence electrons. The second-order valence-corrected chi connectivity index (χ2v) is 13.4. The van der Waals surface area contributed by atoms with E-state index in [1.165, 1.54) is 27.1 Å². The number of benzene rings is 8. The summed E-state index contributed by atoms with van der Waals surface area (Å²) in [4.78, 5) is 10.5. The van der Waals surface area contributed by atoms with Gasteiger partial charge < -0.3 is 8.98 Å². The van der Waals surface area contributed by atoms with E-state index in [9.17, 15) is 0 Å². The van der Waals surface area contributed by atoms with Crippen LogP contribution in [0.5, 0.6) is 0 Å². The molecule has 0 fully saturated rings. The fourth-order valence-corrected chi connectivity index (χ4v) is 7.94. The maximum absolute atomic E-state index is 6.67. The number of rotatable bonds is 4. The zero-order valence-corrected chi connectivity index (χ0v) is 28.0. The zero-order valence-electron chi connectivity index (χ0n) is 28.0. The van der Waals surface area contributed by atoms with Crippen molar-refractivity contribution in [2.45, 2.75) is 0 Å². The number of aromatic nitrogens is 3. The molecule has 11 aromatic rings. The SMILES string of the molecule is c1ccc(-c2ccc(-c3nc(-c4cc(-n5c6ccccc6c6cc7ccccc7cc65)cc5oc6ccccc6c45)c4ccccc4n3)cc2)cc1. The fourth-order valence-electron chi connectivity index (χ4n) is 7.94. The molecule has 0 radical (unpaired) electrons. The van der Waals surface area contributed by atoms with Crippen molar-refractivity contribution in [1.29, 1.82) is 0 Å². The number of fused-ring (bicyclic) bond motifs is 8. The smallest absolute Gasteiger partial charge is 0.160 e. The molecule has 8 aromatic carbocycles. The Morgan fingerprint density at radius 3 is 1.92 bits per heavy atom. The standard InChI is InChI=1S/C48H29N3O/c1-2-12-30(13-3-1)31-22-24-32(25-23-31)48-49-41-19-9-6-17-37(41)47(50-48)40-28-35(29-45-46(40)38-18-8-11-21-44(38)52-45)51-42-20-10-7-16-36(42)39-26-33-14-4-5-15-34(33)27-43(39)51/h1-29H. The molecule has 0 saturated heterocycles. The quantitative estimate of drug-likeness (QED) is 0.188. The van der Waals surface area contributed by atoms with Gasteiger partial charge in [-0.1, -0.05) is 133 Å². The van der Waals surface area contributed by atoms with Crippen molar-refractivity contribution in [3.63, 3.8) is 0 Å². The summed E-state index contributed by atoms with van der Waals surface area (Å²) in [6, 6.07) is 61.9. The van der Waals surface area contributed by atoms with Crippen molar-refractivity contribution >= 4 is 65.4 Å². The average molecular weight is 664 g/mol. The summed E-state index contributed by atoms with van der Waals surface area (Å²) >= 11 is 0. The fraction of sp³-hybridized carbons (Fsp3) is 0. The van der Waals surface area contributed by atoms with Crippen molar-refractivity contribution < 1.29 is 4.42 Å². The van der Waals surface area contributed by atoms with Crippen molar-refractivity contribution in [2.75, 3.05) is 0 Å². The van der Waals surface area contributed by atoms with Crippen LogP contribution in [-0.2, 0) is 0 Å². The number of furan rings is 1. The maximum Gasteiger partial charge on any atom is 0.160 e. The Bertz CT molecular complexity index is 3170. The lowest BCUT2D eigenvalue weighted by atomic mass is 9.98. The van der Waals surface area contributed by atoms with Gasteiger partial charge in [-0.15, -0.1) is 0 Å². The first-order chi connectivity index (χ1) is 25.8. The zero-order chi connectivity index (χ0) is 34.2. The summed E-state index contributed by atoms with van der Waals surface area (Å²) in [6.45, 7) is 0. The average Bonchev–Trinajstić information content (AvgIpc) is 3.75. The Labute approximate surface area is 298 Å². The summed E-state index contributed by atoms with van der Waals surface area (Å²) in [5, 5.41) is 7.95. The highest BCUT2D eigenvalue weighted by atomic mass is 16.3. The normalized spacial score (nSPS) is 11.8. The van der Waals surface area contributed by atoms with Crippen molar-refractivity contribution in [3.05, 3.63) is 176 Å². The second kappa shape index (κ2) is 11.2. The van der Waals surface area contributed by atoms with Crippen LogP contribution in [0.2, 0.25) is 0 Å². The molecule has 52 heavy (non-hydrogen) atoms. The van der Waals surface area contributed by atoms with Gasteiger partial charge in [0.1, 0.15) is 11.2 Å². The van der Waals surface area contributed by atoms with E-state index < -0.39 is 0 Å². The molecule has 0 atom stereocenters. The van der Waals surface area contributed by atoms with Crippen molar-refractivity contribution in [3.8, 4) is 39.5 Å². The monoisotopic (exact) mass is 663 g/mol. The Morgan fingerprint density at radius 2 is 1.08 bits per heavy atom. The van der Waals surface area contributed by atoms with Crippen LogP contribution in [0.1, 0.15) is 0 Å². The van der Waals surface area contributed by atoms with Crippen LogP contribution < -0.4 is 0 Å². The molecule has 0 N–H and O–H groups in total. The number of hydrogen-bond acceptors (Lipinski definition) is 3. The molecule has 0 amide bonds. The van der Waals surface area contributed by atoms with E-state index >= 15 is 0 Å². The lowest BCUT2D eigenvalue weighted by Gasteiger charge is -2.14. The molecule has 11 rings (SSSR count). The first-order valence-corrected chi connectivity index (χ1v) is 17.6. The van der Waals surface area contributed by atoms with E-state index in [4.69, 9.17) is 14.4 Å². The Kier molecular flexibility index (Phi) is 6.22. The van der Waals surface area contributed by atoms with E-state index in [-0.39, 0.29) is 0 Å². The molecule has 4 nitrogen and oxygen atoms in total. The van der Waals surface area contributed by atoms with E-state index in [0.717, 1.165) is 71.9 Å². The summed E-state index contributed by atoms with van der Waals surface area (Å²) < 4.78 is 9.05. The minimum absolute atomic E-state index is 0.683. The highest BCUT2D eigenvalue weighted by Gasteiger charge is 2.21. The van der Waals surface area contributed by atoms with Gasteiger partial charge >= 0.3 is 0 Å². The van der Waals surface area contributed by atoms with Gasteiger partial charge in [0.25, 0.3) is 0 Å². The first kappa shape index (κ1) is 28.8. The Hall–Kier alpha value is -7.04. The Balaban J connectivity index is 1.21. The molecule has 0 aliphatic rings. The summed E-state index contributed by atoms with van der Waals surface area (Å²) in [5.74, 6) is 0.683. The maximum atomic E-state index is 6.67. The van der Waals surface area contributed by atoms with E-state index in [0.29, 0.717) is 5.82 Å². The molecular weight excluding hydrogens is 635 g/mol. The largest absolute Gasteiger partial charge is 0.456 e. The molecule has 0 aliphatic carbocycles. The molecule has 0 spiro atoms. The van der Waals surface area contributed by atoms with Gasteiger partial charge in [-0.2, -0.15) is 0 Å². The summed E-state index contributed by atoms with van der Waals surface area (Å²) in [6.07, 6.45) is 0. The van der Waals surface area contributed by atoms with Gasteiger partial charge in [0.2, 0.25) is 0 Å². The topological polar surface area (TPSA) is 43.9 Å². The van der Waals surface area contributed by atoms with Crippen molar-refractivity contribution in [1.82, 2.24) is 14.5 Å². The van der Waals surface area contributed by atoms with Gasteiger partial charge in [0.15, 0.2) is 5.82 Å². The molecule has 3 aromatic heterocycles. The molecule has 3 heterocycles. The van der Waals surface area contributed by atoms with Gasteiger partial charge in [-0.05, 0) is 58.3 Å². The molecule has 0 saturated carbocycles. The van der Waals surface area contributed by atoms with Gasteiger partial charge in [0, 0.05) is 44.1 Å². The summed E-state index contributed by atoms with van der Waals surface area (Å²) in [7, 11) is 0. The van der Waals surface area contributed by atoms with E-state index in [1.54, 1.807) is 0 Å². The van der Waals surface area contributed by atoms with Gasteiger partial charge in [-0.25, -0.2) is 9.97 Å². The van der Waals surface area contributed by atoms with Crippen molar-refractivity contribution in [2.24, 2.45) is 0 Å². The molecule has 0 unspecified atom stereocenters. The molecule has 0 aliphatic heterocycles. The highest BCUT2D eigenvalue weighted by molar-refractivity contribution is 6.17. The third-order valence-electron chi connectivity index (χ3n) is 10.4. The lowest BCUT2D eigenvalue weighted by molar-refractivity contribution is 0.668. The summed E-state index contributed by atoms with van der Waals surface area (Å²) in [5.41, 5.74) is 11.0. The predicted molar refractivity (Wildman–Crippen MR) is 215 cm³/mol. The van der Waals surface area contributed by atoms with Gasteiger partial charge in [0.05, 0.1) is 27.9 Å². The molecule has 0 bridgehead atoms. The molecular formula is C48H29N3O.